The van der Waals surface area contributed by atoms with Crippen LogP contribution in [-0.4, -0.2) is 47.0 Å². The van der Waals surface area contributed by atoms with Gasteiger partial charge in [-0.2, -0.15) is 0 Å². The maximum Gasteiger partial charge on any atom is 0.321 e. The Hall–Kier alpha value is -2.41. The molecule has 3 atom stereocenters. The van der Waals surface area contributed by atoms with Crippen molar-refractivity contribution in [3.05, 3.63) is 35.9 Å². The Kier molecular flexibility index (Phi) is 6.52. The Morgan fingerprint density at radius 2 is 1.92 bits per heavy atom. The van der Waals surface area contributed by atoms with Gasteiger partial charge in [-0.05, 0) is 24.8 Å². The predicted octanol–water partition coefficient (Wildman–Crippen LogP) is 1.44. The number of rotatable bonds is 5. The lowest BCUT2D eigenvalue weighted by Crippen LogP contribution is -2.54. The van der Waals surface area contributed by atoms with Crippen LogP contribution in [0, 0.1) is 11.8 Å². The predicted molar refractivity (Wildman–Crippen MR) is 92.8 cm³/mol. The van der Waals surface area contributed by atoms with Gasteiger partial charge in [0.05, 0.1) is 12.0 Å². The van der Waals surface area contributed by atoms with Crippen molar-refractivity contribution in [2.45, 2.75) is 32.9 Å². The van der Waals surface area contributed by atoms with E-state index in [-0.39, 0.29) is 5.92 Å². The number of likely N-dealkylation sites (tertiary alicyclic amines) is 1. The summed E-state index contributed by atoms with van der Waals surface area (Å²) in [4.78, 5) is 37.3. The SMILES string of the molecule is CC1CC(C(=O)O)CN(C(C)C(=O)NC(=O)NCc2ccccc2)C1. The van der Waals surface area contributed by atoms with Gasteiger partial charge < -0.3 is 10.4 Å². The standard InChI is InChI=1S/C18H25N3O4/c1-12-8-15(17(23)24)11-21(10-12)13(2)16(22)20-18(25)19-9-14-6-4-3-5-7-14/h3-7,12-13,15H,8-11H2,1-2H3,(H,23,24)(H2,19,20,22,25). The number of carboxylic acid groups (broad SMARTS) is 1. The van der Waals surface area contributed by atoms with Gasteiger partial charge >= 0.3 is 12.0 Å². The van der Waals surface area contributed by atoms with E-state index in [2.05, 4.69) is 10.6 Å². The summed E-state index contributed by atoms with van der Waals surface area (Å²) < 4.78 is 0. The van der Waals surface area contributed by atoms with E-state index in [9.17, 15) is 19.5 Å². The summed E-state index contributed by atoms with van der Waals surface area (Å²) in [6.45, 7) is 4.95. The van der Waals surface area contributed by atoms with E-state index in [0.717, 1.165) is 5.56 Å². The number of carbonyl (C=O) groups excluding carboxylic acids is 2. The third kappa shape index (κ3) is 5.56. The number of urea groups is 1. The third-order valence-corrected chi connectivity index (χ3v) is 4.50. The van der Waals surface area contributed by atoms with Crippen molar-refractivity contribution in [1.82, 2.24) is 15.5 Å². The number of carbonyl (C=O) groups is 3. The van der Waals surface area contributed by atoms with Gasteiger partial charge in [-0.25, -0.2) is 4.79 Å². The summed E-state index contributed by atoms with van der Waals surface area (Å²) in [5.74, 6) is -1.56. The molecule has 0 aliphatic carbocycles. The lowest BCUT2D eigenvalue weighted by Gasteiger charge is -2.37. The van der Waals surface area contributed by atoms with Gasteiger partial charge in [0.2, 0.25) is 5.91 Å². The molecule has 1 aliphatic heterocycles. The summed E-state index contributed by atoms with van der Waals surface area (Å²) in [6, 6.07) is 8.28. The normalized spacial score (nSPS) is 22.0. The molecule has 0 bridgehead atoms. The number of carboxylic acids is 1. The van der Waals surface area contributed by atoms with E-state index in [0.29, 0.717) is 26.1 Å². The Morgan fingerprint density at radius 3 is 2.56 bits per heavy atom. The van der Waals surface area contributed by atoms with Crippen LogP contribution in [0.3, 0.4) is 0 Å². The number of nitrogens with one attached hydrogen (secondary N) is 2. The van der Waals surface area contributed by atoms with E-state index >= 15 is 0 Å². The average molecular weight is 347 g/mol. The Balaban J connectivity index is 1.84. The fraction of sp³-hybridized carbons (Fsp3) is 0.500. The van der Waals surface area contributed by atoms with Crippen LogP contribution in [-0.2, 0) is 16.1 Å². The number of hydrogen-bond acceptors (Lipinski definition) is 4. The maximum atomic E-state index is 12.3. The highest BCUT2D eigenvalue weighted by Gasteiger charge is 2.34. The zero-order chi connectivity index (χ0) is 18.4. The van der Waals surface area contributed by atoms with Gasteiger partial charge in [0.25, 0.3) is 0 Å². The van der Waals surface area contributed by atoms with Crippen LogP contribution in [0.4, 0.5) is 4.79 Å². The van der Waals surface area contributed by atoms with Crippen LogP contribution in [0.5, 0.6) is 0 Å². The highest BCUT2D eigenvalue weighted by molar-refractivity contribution is 5.96. The Bertz CT molecular complexity index is 620. The van der Waals surface area contributed by atoms with E-state index < -0.39 is 29.9 Å². The molecule has 1 aromatic carbocycles. The lowest BCUT2D eigenvalue weighted by atomic mass is 9.89. The van der Waals surface area contributed by atoms with Gasteiger partial charge in [-0.1, -0.05) is 37.3 Å². The number of piperidine rings is 1. The molecule has 7 heteroatoms. The molecule has 1 saturated heterocycles. The molecule has 3 unspecified atom stereocenters. The first-order chi connectivity index (χ1) is 11.9. The van der Waals surface area contributed by atoms with Crippen LogP contribution in [0.1, 0.15) is 25.8 Å². The summed E-state index contributed by atoms with van der Waals surface area (Å²) in [5, 5.41) is 14.2. The molecule has 0 spiro atoms. The lowest BCUT2D eigenvalue weighted by molar-refractivity contribution is -0.145. The molecule has 1 aliphatic rings. The Labute approximate surface area is 147 Å². The second kappa shape index (κ2) is 8.62. The molecule has 136 valence electrons. The third-order valence-electron chi connectivity index (χ3n) is 4.50. The topological polar surface area (TPSA) is 98.7 Å². The summed E-state index contributed by atoms with van der Waals surface area (Å²) in [5.41, 5.74) is 0.937. The molecule has 1 fully saturated rings. The van der Waals surface area contributed by atoms with Crippen LogP contribution < -0.4 is 10.6 Å². The summed E-state index contributed by atoms with van der Waals surface area (Å²) in [6.07, 6.45) is 0.609. The van der Waals surface area contributed by atoms with Crippen molar-refractivity contribution in [2.75, 3.05) is 13.1 Å². The highest BCUT2D eigenvalue weighted by Crippen LogP contribution is 2.23. The number of benzene rings is 1. The van der Waals surface area contributed by atoms with E-state index in [1.54, 1.807) is 6.92 Å². The number of aliphatic carboxylic acids is 1. The van der Waals surface area contributed by atoms with Crippen molar-refractivity contribution in [3.8, 4) is 0 Å². The van der Waals surface area contributed by atoms with E-state index in [1.165, 1.54) is 0 Å². The molecule has 2 rings (SSSR count). The number of hydrogen-bond donors (Lipinski definition) is 3. The van der Waals surface area contributed by atoms with Crippen LogP contribution >= 0.6 is 0 Å². The van der Waals surface area contributed by atoms with Crippen LogP contribution in [0.15, 0.2) is 30.3 Å². The summed E-state index contributed by atoms with van der Waals surface area (Å²) in [7, 11) is 0. The first-order valence-electron chi connectivity index (χ1n) is 8.46. The minimum atomic E-state index is -0.843. The van der Waals surface area contributed by atoms with Crippen LogP contribution in [0.2, 0.25) is 0 Å². The van der Waals surface area contributed by atoms with E-state index in [1.807, 2.05) is 42.2 Å². The molecule has 0 aromatic heterocycles. The molecule has 0 saturated carbocycles. The van der Waals surface area contributed by atoms with Gasteiger partial charge in [-0.3, -0.25) is 19.8 Å². The van der Waals surface area contributed by atoms with Crippen molar-refractivity contribution in [3.63, 3.8) is 0 Å². The Morgan fingerprint density at radius 1 is 1.24 bits per heavy atom. The molecule has 3 N–H and O–H groups in total. The fourth-order valence-electron chi connectivity index (χ4n) is 3.09. The van der Waals surface area contributed by atoms with Crippen molar-refractivity contribution < 1.29 is 19.5 Å². The quantitative estimate of drug-likeness (QED) is 0.749. The van der Waals surface area contributed by atoms with Gasteiger partial charge in [0.15, 0.2) is 0 Å². The molecule has 1 heterocycles. The minimum absolute atomic E-state index is 0.192. The van der Waals surface area contributed by atoms with Crippen molar-refractivity contribution >= 4 is 17.9 Å². The second-order valence-electron chi connectivity index (χ2n) is 6.66. The number of amides is 3. The zero-order valence-corrected chi connectivity index (χ0v) is 14.6. The monoisotopic (exact) mass is 347 g/mol. The number of imide groups is 1. The fourth-order valence-corrected chi connectivity index (χ4v) is 3.09. The van der Waals surface area contributed by atoms with Crippen LogP contribution in [0.25, 0.3) is 0 Å². The highest BCUT2D eigenvalue weighted by atomic mass is 16.4. The molecule has 0 radical (unpaired) electrons. The van der Waals surface area contributed by atoms with Crippen molar-refractivity contribution in [2.24, 2.45) is 11.8 Å². The maximum absolute atomic E-state index is 12.3. The largest absolute Gasteiger partial charge is 0.481 e. The average Bonchev–Trinajstić information content (AvgIpc) is 2.59. The number of nitrogens with zero attached hydrogens (tertiary/aromatic N) is 1. The first kappa shape index (κ1) is 18.9. The second-order valence-corrected chi connectivity index (χ2v) is 6.66. The first-order valence-corrected chi connectivity index (χ1v) is 8.46. The van der Waals surface area contributed by atoms with Gasteiger partial charge in [0, 0.05) is 19.6 Å². The van der Waals surface area contributed by atoms with Crippen molar-refractivity contribution in [1.29, 1.82) is 0 Å². The molecule has 3 amide bonds. The van der Waals surface area contributed by atoms with Gasteiger partial charge in [-0.15, -0.1) is 0 Å². The van der Waals surface area contributed by atoms with Gasteiger partial charge in [0.1, 0.15) is 0 Å². The molecular weight excluding hydrogens is 322 g/mol. The smallest absolute Gasteiger partial charge is 0.321 e. The summed E-state index contributed by atoms with van der Waals surface area (Å²) >= 11 is 0. The molecular formula is C18H25N3O4. The molecule has 25 heavy (non-hydrogen) atoms. The molecule has 7 nitrogen and oxygen atoms in total. The molecule has 1 aromatic rings. The van der Waals surface area contributed by atoms with E-state index in [4.69, 9.17) is 0 Å². The minimum Gasteiger partial charge on any atom is -0.481 e. The zero-order valence-electron chi connectivity index (χ0n) is 14.6.